The van der Waals surface area contributed by atoms with Crippen LogP contribution in [0, 0.1) is 41.2 Å². The molecule has 2 aromatic carbocycles. The number of nitrogens with zero attached hydrogens (tertiary/aromatic N) is 5. The van der Waals surface area contributed by atoms with Crippen LogP contribution in [0.5, 0.6) is 0 Å². The molecule has 1 aliphatic rings. The lowest BCUT2D eigenvalue weighted by atomic mass is 9.93. The van der Waals surface area contributed by atoms with Gasteiger partial charge in [0.1, 0.15) is 23.5 Å². The first-order valence-electron chi connectivity index (χ1n) is 11.1. The predicted octanol–water partition coefficient (Wildman–Crippen LogP) is 4.81. The van der Waals surface area contributed by atoms with E-state index in [0.717, 1.165) is 12.8 Å². The highest BCUT2D eigenvalue weighted by atomic mass is 19.1. The molecular formula is C26H20F2N6O. The van der Waals surface area contributed by atoms with E-state index in [1.807, 2.05) is 4.90 Å². The van der Waals surface area contributed by atoms with Gasteiger partial charge >= 0.3 is 0 Å². The number of hydrogen-bond acceptors (Lipinski definition) is 7. The topological polar surface area (TPSA) is 116 Å². The summed E-state index contributed by atoms with van der Waals surface area (Å²) in [5, 5.41) is 23.6. The van der Waals surface area contributed by atoms with E-state index in [0.29, 0.717) is 41.1 Å². The summed E-state index contributed by atoms with van der Waals surface area (Å²) in [6.07, 6.45) is 1.53. The minimum absolute atomic E-state index is 0.0877. The van der Waals surface area contributed by atoms with E-state index in [1.54, 1.807) is 25.1 Å². The van der Waals surface area contributed by atoms with Gasteiger partial charge in [-0.05, 0) is 50.1 Å². The van der Waals surface area contributed by atoms with Gasteiger partial charge in [0.2, 0.25) is 0 Å². The first kappa shape index (κ1) is 22.5. The Labute approximate surface area is 200 Å². The summed E-state index contributed by atoms with van der Waals surface area (Å²) in [6.45, 7) is 3.01. The van der Waals surface area contributed by atoms with Gasteiger partial charge < -0.3 is 15.2 Å². The molecule has 0 unspecified atom stereocenters. The number of pyridine rings is 1. The maximum Gasteiger partial charge on any atom is 0.167 e. The van der Waals surface area contributed by atoms with Crippen molar-refractivity contribution in [3.05, 3.63) is 64.9 Å². The Kier molecular flexibility index (Phi) is 5.64. The maximum atomic E-state index is 15.4. The van der Waals surface area contributed by atoms with Crippen LogP contribution in [0.2, 0.25) is 0 Å². The van der Waals surface area contributed by atoms with Crippen LogP contribution in [0.4, 0.5) is 14.6 Å². The van der Waals surface area contributed by atoms with Crippen molar-refractivity contribution in [1.82, 2.24) is 10.1 Å². The number of nitriles is 2. The number of benzene rings is 2. The fourth-order valence-electron chi connectivity index (χ4n) is 4.41. The maximum absolute atomic E-state index is 15.4. The van der Waals surface area contributed by atoms with E-state index in [1.165, 1.54) is 24.3 Å². The quantitative estimate of drug-likeness (QED) is 0.457. The molecule has 2 aromatic heterocycles. The molecule has 1 aliphatic heterocycles. The van der Waals surface area contributed by atoms with E-state index in [-0.39, 0.29) is 34.0 Å². The van der Waals surface area contributed by atoms with Gasteiger partial charge in [-0.15, -0.1) is 0 Å². The number of hydrogen-bond donors (Lipinski definition) is 1. The van der Waals surface area contributed by atoms with E-state index >= 15 is 4.39 Å². The molecule has 0 aliphatic carbocycles. The van der Waals surface area contributed by atoms with Crippen LogP contribution >= 0.6 is 0 Å². The van der Waals surface area contributed by atoms with Crippen molar-refractivity contribution in [2.45, 2.75) is 25.8 Å². The minimum Gasteiger partial charge on any atom is -0.356 e. The van der Waals surface area contributed by atoms with Gasteiger partial charge in [-0.1, -0.05) is 11.2 Å². The van der Waals surface area contributed by atoms with Gasteiger partial charge in [-0.2, -0.15) is 10.5 Å². The minimum atomic E-state index is -0.729. The second-order valence-corrected chi connectivity index (χ2v) is 8.59. The van der Waals surface area contributed by atoms with Crippen molar-refractivity contribution in [3.8, 4) is 34.5 Å². The van der Waals surface area contributed by atoms with Crippen molar-refractivity contribution >= 4 is 16.8 Å². The highest BCUT2D eigenvalue weighted by Gasteiger charge is 2.25. The number of aromatic nitrogens is 2. The van der Waals surface area contributed by atoms with Gasteiger partial charge in [0, 0.05) is 41.2 Å². The average Bonchev–Trinajstić information content (AvgIpc) is 3.22. The molecule has 0 bridgehead atoms. The molecule has 35 heavy (non-hydrogen) atoms. The number of halogens is 2. The molecule has 1 fully saturated rings. The first-order valence-corrected chi connectivity index (χ1v) is 11.1. The Morgan fingerprint density at radius 1 is 1.03 bits per heavy atom. The molecule has 0 spiro atoms. The number of anilines is 1. The summed E-state index contributed by atoms with van der Waals surface area (Å²) >= 11 is 0. The summed E-state index contributed by atoms with van der Waals surface area (Å²) in [4.78, 5) is 6.78. The third-order valence-corrected chi connectivity index (χ3v) is 6.36. The van der Waals surface area contributed by atoms with Crippen molar-refractivity contribution < 1.29 is 13.3 Å². The lowest BCUT2D eigenvalue weighted by Crippen LogP contribution is -2.40. The highest BCUT2D eigenvalue weighted by Crippen LogP contribution is 2.39. The zero-order valence-corrected chi connectivity index (χ0v) is 18.8. The molecule has 3 heterocycles. The molecule has 7 nitrogen and oxygen atoms in total. The van der Waals surface area contributed by atoms with E-state index in [9.17, 15) is 9.65 Å². The third-order valence-electron chi connectivity index (χ3n) is 6.36. The molecule has 1 saturated heterocycles. The Morgan fingerprint density at radius 2 is 1.77 bits per heavy atom. The molecule has 0 amide bonds. The molecule has 4 aromatic rings. The predicted molar refractivity (Wildman–Crippen MR) is 126 cm³/mol. The van der Waals surface area contributed by atoms with Crippen LogP contribution < -0.4 is 10.6 Å². The smallest absolute Gasteiger partial charge is 0.167 e. The summed E-state index contributed by atoms with van der Waals surface area (Å²) < 4.78 is 35.4. The largest absolute Gasteiger partial charge is 0.356 e. The second-order valence-electron chi connectivity index (χ2n) is 8.59. The molecule has 0 atom stereocenters. The van der Waals surface area contributed by atoms with Crippen LogP contribution in [-0.4, -0.2) is 29.3 Å². The van der Waals surface area contributed by atoms with Gasteiger partial charge in [0.05, 0.1) is 28.6 Å². The molecule has 0 saturated carbocycles. The van der Waals surface area contributed by atoms with E-state index < -0.39 is 11.6 Å². The zero-order valence-electron chi connectivity index (χ0n) is 18.8. The van der Waals surface area contributed by atoms with Gasteiger partial charge in [-0.25, -0.2) is 13.8 Å². The van der Waals surface area contributed by atoms with Crippen LogP contribution in [0.15, 0.2) is 40.9 Å². The monoisotopic (exact) mass is 470 g/mol. The Bertz CT molecular complexity index is 1540. The van der Waals surface area contributed by atoms with Crippen molar-refractivity contribution in [2.24, 2.45) is 5.73 Å². The number of nitrogens with two attached hydrogens (primary N) is 1. The van der Waals surface area contributed by atoms with Gasteiger partial charge in [0.15, 0.2) is 5.58 Å². The first-order chi connectivity index (χ1) is 16.9. The normalized spacial score (nSPS) is 14.2. The Balaban J connectivity index is 1.77. The lowest BCUT2D eigenvalue weighted by Gasteiger charge is -2.31. The van der Waals surface area contributed by atoms with Gasteiger partial charge in [-0.3, -0.25) is 0 Å². The van der Waals surface area contributed by atoms with Crippen LogP contribution in [0.1, 0.15) is 29.7 Å². The van der Waals surface area contributed by atoms with Crippen molar-refractivity contribution in [2.75, 3.05) is 18.0 Å². The lowest BCUT2D eigenvalue weighted by molar-refractivity contribution is 0.450. The molecular weight excluding hydrogens is 450 g/mol. The van der Waals surface area contributed by atoms with Gasteiger partial charge in [0.25, 0.3) is 0 Å². The SMILES string of the molecule is Cc1noc2cc(-c3c(C#N)cc(N4CCC(N)CC4)nc3-c3ccc(C#N)c(F)c3)c(F)cc12. The fourth-order valence-corrected chi connectivity index (χ4v) is 4.41. The highest BCUT2D eigenvalue weighted by molar-refractivity contribution is 5.92. The van der Waals surface area contributed by atoms with E-state index in [2.05, 4.69) is 11.2 Å². The fraction of sp³-hybridized carbons (Fsp3) is 0.231. The molecule has 9 heteroatoms. The number of piperidine rings is 1. The zero-order chi connectivity index (χ0) is 24.7. The average molecular weight is 470 g/mol. The molecule has 2 N–H and O–H groups in total. The van der Waals surface area contributed by atoms with E-state index in [4.69, 9.17) is 20.5 Å². The molecule has 5 rings (SSSR count). The summed E-state index contributed by atoms with van der Waals surface area (Å²) in [6, 6.07) is 12.5. The molecule has 0 radical (unpaired) electrons. The van der Waals surface area contributed by atoms with Crippen LogP contribution in [-0.2, 0) is 0 Å². The Hall–Kier alpha value is -4.34. The number of rotatable bonds is 3. The van der Waals surface area contributed by atoms with Crippen LogP contribution in [0.25, 0.3) is 33.4 Å². The number of aryl methyl sites for hydroxylation is 1. The van der Waals surface area contributed by atoms with Crippen molar-refractivity contribution in [3.63, 3.8) is 0 Å². The standard InChI is InChI=1S/C26H20F2N6O/c1-14-19-10-22(28)20(11-23(19)35-33-14)25-17(13-30)9-24(34-6-4-18(31)5-7-34)32-26(25)15-2-3-16(12-29)21(27)8-15/h2-3,8-11,18H,4-7,31H2,1H3. The number of fused-ring (bicyclic) bond motifs is 1. The summed E-state index contributed by atoms with van der Waals surface area (Å²) in [5.74, 6) is -0.796. The summed E-state index contributed by atoms with van der Waals surface area (Å²) in [7, 11) is 0. The molecule has 174 valence electrons. The van der Waals surface area contributed by atoms with Crippen LogP contribution in [0.3, 0.4) is 0 Å². The summed E-state index contributed by atoms with van der Waals surface area (Å²) in [5.41, 5.74) is 7.83. The van der Waals surface area contributed by atoms with Crippen molar-refractivity contribution in [1.29, 1.82) is 10.5 Å². The third kappa shape index (κ3) is 3.96. The Morgan fingerprint density at radius 3 is 2.46 bits per heavy atom. The second kappa shape index (κ2) is 8.79.